The van der Waals surface area contributed by atoms with Crippen molar-refractivity contribution >= 4 is 12.0 Å². The second-order valence-electron chi connectivity index (χ2n) is 6.79. The molecule has 138 valence electrons. The number of carboxylic acid groups (broad SMARTS) is 1. The minimum atomic E-state index is -0.860. The molecule has 1 fully saturated rings. The van der Waals surface area contributed by atoms with Crippen LogP contribution < -0.4 is 14.8 Å². The van der Waals surface area contributed by atoms with Gasteiger partial charge < -0.3 is 24.8 Å². The lowest BCUT2D eigenvalue weighted by Gasteiger charge is -2.22. The normalized spacial score (nSPS) is 20.8. The summed E-state index contributed by atoms with van der Waals surface area (Å²) in [7, 11) is 1.59. The van der Waals surface area contributed by atoms with Crippen molar-refractivity contribution in [3.05, 3.63) is 24.3 Å². The van der Waals surface area contributed by atoms with E-state index >= 15 is 0 Å². The highest BCUT2D eigenvalue weighted by Gasteiger charge is 2.42. The van der Waals surface area contributed by atoms with E-state index in [1.807, 2.05) is 31.2 Å². The number of rotatable bonds is 7. The third-order valence-electron chi connectivity index (χ3n) is 4.47. The van der Waals surface area contributed by atoms with Crippen molar-refractivity contribution in [1.29, 1.82) is 0 Å². The van der Waals surface area contributed by atoms with Crippen LogP contribution in [0.1, 0.15) is 20.3 Å². The molecule has 0 bridgehead atoms. The minimum Gasteiger partial charge on any atom is -0.493 e. The fourth-order valence-corrected chi connectivity index (χ4v) is 2.71. The number of nitrogens with one attached hydrogen (secondary N) is 1. The van der Waals surface area contributed by atoms with Crippen LogP contribution in [0.15, 0.2) is 24.3 Å². The van der Waals surface area contributed by atoms with Gasteiger partial charge in [-0.1, -0.05) is 19.1 Å². The average Bonchev–Trinajstić information content (AvgIpc) is 3.02. The quantitative estimate of drug-likeness (QED) is 0.787. The van der Waals surface area contributed by atoms with Crippen LogP contribution >= 0.6 is 0 Å². The van der Waals surface area contributed by atoms with E-state index in [1.165, 1.54) is 0 Å². The highest BCUT2D eigenvalue weighted by atomic mass is 16.5. The molecule has 1 aliphatic heterocycles. The number of likely N-dealkylation sites (tertiary alicyclic amines) is 1. The molecular weight excluding hydrogens is 324 g/mol. The van der Waals surface area contributed by atoms with Gasteiger partial charge in [0.1, 0.15) is 0 Å². The minimum absolute atomic E-state index is 0.0994. The van der Waals surface area contributed by atoms with Crippen molar-refractivity contribution in [2.75, 3.05) is 33.4 Å². The van der Waals surface area contributed by atoms with Gasteiger partial charge in [0, 0.05) is 25.6 Å². The SMILES string of the molecule is COc1ccccc1OCC(C)CNC(=O)N1CCC(C)(C(=O)O)C1. The highest BCUT2D eigenvalue weighted by Crippen LogP contribution is 2.30. The van der Waals surface area contributed by atoms with Crippen molar-refractivity contribution in [3.8, 4) is 11.5 Å². The van der Waals surface area contributed by atoms with E-state index in [9.17, 15) is 14.7 Å². The third kappa shape index (κ3) is 4.78. The Bertz CT molecular complexity index is 621. The first-order valence-corrected chi connectivity index (χ1v) is 8.37. The Kier molecular flexibility index (Phi) is 6.12. The second kappa shape index (κ2) is 8.09. The van der Waals surface area contributed by atoms with Gasteiger partial charge in [0.25, 0.3) is 0 Å². The van der Waals surface area contributed by atoms with Gasteiger partial charge in [-0.25, -0.2) is 4.79 Å². The molecule has 2 unspecified atom stereocenters. The molecular formula is C18H26N2O5. The molecule has 25 heavy (non-hydrogen) atoms. The summed E-state index contributed by atoms with van der Waals surface area (Å²) in [6, 6.07) is 7.18. The van der Waals surface area contributed by atoms with Crippen LogP contribution in [0, 0.1) is 11.3 Å². The molecule has 0 aliphatic carbocycles. The molecule has 0 saturated carbocycles. The summed E-state index contributed by atoms with van der Waals surface area (Å²) in [5, 5.41) is 12.1. The van der Waals surface area contributed by atoms with Crippen LogP contribution in [0.2, 0.25) is 0 Å². The van der Waals surface area contributed by atoms with E-state index in [0.717, 1.165) is 0 Å². The van der Waals surface area contributed by atoms with E-state index in [1.54, 1.807) is 18.9 Å². The number of carbonyl (C=O) groups is 2. The number of carboxylic acids is 1. The van der Waals surface area contributed by atoms with Crippen molar-refractivity contribution in [1.82, 2.24) is 10.2 Å². The summed E-state index contributed by atoms with van der Waals surface area (Å²) in [6.07, 6.45) is 0.474. The van der Waals surface area contributed by atoms with Gasteiger partial charge >= 0.3 is 12.0 Å². The van der Waals surface area contributed by atoms with Gasteiger partial charge in [-0.2, -0.15) is 0 Å². The first kappa shape index (κ1) is 18.9. The van der Waals surface area contributed by atoms with Crippen molar-refractivity contribution in [3.63, 3.8) is 0 Å². The Morgan fingerprint density at radius 1 is 1.36 bits per heavy atom. The van der Waals surface area contributed by atoms with Gasteiger partial charge in [0.05, 0.1) is 19.1 Å². The molecule has 0 aromatic heterocycles. The van der Waals surface area contributed by atoms with E-state index in [-0.39, 0.29) is 18.5 Å². The maximum atomic E-state index is 12.2. The van der Waals surface area contributed by atoms with Crippen LogP contribution in [0.4, 0.5) is 4.79 Å². The molecule has 7 nitrogen and oxygen atoms in total. The lowest BCUT2D eigenvalue weighted by molar-refractivity contribution is -0.147. The lowest BCUT2D eigenvalue weighted by atomic mass is 9.90. The zero-order chi connectivity index (χ0) is 18.4. The molecule has 1 aliphatic rings. The summed E-state index contributed by atoms with van der Waals surface area (Å²) in [5.74, 6) is 0.576. The summed E-state index contributed by atoms with van der Waals surface area (Å²) >= 11 is 0. The smallest absolute Gasteiger partial charge is 0.317 e. The van der Waals surface area contributed by atoms with Crippen molar-refractivity contribution in [2.24, 2.45) is 11.3 Å². The predicted molar refractivity (Wildman–Crippen MR) is 93.0 cm³/mol. The number of hydrogen-bond donors (Lipinski definition) is 2. The maximum absolute atomic E-state index is 12.2. The number of benzene rings is 1. The lowest BCUT2D eigenvalue weighted by Crippen LogP contribution is -2.42. The summed E-state index contributed by atoms with van der Waals surface area (Å²) in [5.41, 5.74) is -0.851. The van der Waals surface area contributed by atoms with Gasteiger partial charge in [-0.3, -0.25) is 4.79 Å². The number of nitrogens with zero attached hydrogens (tertiary/aromatic N) is 1. The molecule has 2 amide bonds. The predicted octanol–water partition coefficient (Wildman–Crippen LogP) is 2.22. The first-order valence-electron chi connectivity index (χ1n) is 8.37. The maximum Gasteiger partial charge on any atom is 0.317 e. The fourth-order valence-electron chi connectivity index (χ4n) is 2.71. The second-order valence-corrected chi connectivity index (χ2v) is 6.79. The Morgan fingerprint density at radius 2 is 2.04 bits per heavy atom. The standard InChI is InChI=1S/C18H26N2O5/c1-13(11-25-15-7-5-4-6-14(15)24-3)10-19-17(23)20-9-8-18(2,12-20)16(21)22/h4-7,13H,8-12H2,1-3H3,(H,19,23)(H,21,22). The summed E-state index contributed by atoms with van der Waals surface area (Å²) in [4.78, 5) is 25.0. The zero-order valence-electron chi connectivity index (χ0n) is 14.9. The monoisotopic (exact) mass is 350 g/mol. The molecule has 7 heteroatoms. The number of urea groups is 1. The summed E-state index contributed by atoms with van der Waals surface area (Å²) in [6.45, 7) is 5.23. The van der Waals surface area contributed by atoms with E-state index < -0.39 is 11.4 Å². The van der Waals surface area contributed by atoms with Crippen LogP contribution in [0.25, 0.3) is 0 Å². The van der Waals surface area contributed by atoms with Crippen LogP contribution in [-0.4, -0.2) is 55.4 Å². The Labute approximate surface area is 147 Å². The van der Waals surface area contributed by atoms with Gasteiger partial charge in [-0.05, 0) is 25.5 Å². The number of ether oxygens (including phenoxy) is 2. The Hall–Kier alpha value is -2.44. The molecule has 1 aromatic carbocycles. The van der Waals surface area contributed by atoms with Crippen LogP contribution in [0.3, 0.4) is 0 Å². The fraction of sp³-hybridized carbons (Fsp3) is 0.556. The van der Waals surface area contributed by atoms with Gasteiger partial charge in [-0.15, -0.1) is 0 Å². The van der Waals surface area contributed by atoms with Gasteiger partial charge in [0.15, 0.2) is 11.5 Å². The molecule has 2 N–H and O–H groups in total. The summed E-state index contributed by atoms with van der Waals surface area (Å²) < 4.78 is 11.0. The van der Waals surface area contributed by atoms with Crippen molar-refractivity contribution < 1.29 is 24.2 Å². The molecule has 2 atom stereocenters. The number of aliphatic carboxylic acids is 1. The van der Waals surface area contributed by atoms with Crippen LogP contribution in [0.5, 0.6) is 11.5 Å². The topological polar surface area (TPSA) is 88.1 Å². The molecule has 1 saturated heterocycles. The third-order valence-corrected chi connectivity index (χ3v) is 4.47. The molecule has 1 heterocycles. The number of para-hydroxylation sites is 2. The molecule has 0 radical (unpaired) electrons. The Balaban J connectivity index is 1.76. The number of carbonyl (C=O) groups excluding carboxylic acids is 1. The number of hydrogen-bond acceptors (Lipinski definition) is 4. The van der Waals surface area contributed by atoms with Crippen molar-refractivity contribution in [2.45, 2.75) is 20.3 Å². The van der Waals surface area contributed by atoms with E-state index in [4.69, 9.17) is 9.47 Å². The molecule has 0 spiro atoms. The molecule has 1 aromatic rings. The highest BCUT2D eigenvalue weighted by molar-refractivity contribution is 5.79. The number of amides is 2. The van der Waals surface area contributed by atoms with E-state index in [2.05, 4.69) is 5.32 Å². The first-order chi connectivity index (χ1) is 11.9. The molecule has 2 rings (SSSR count). The number of methoxy groups -OCH3 is 1. The largest absolute Gasteiger partial charge is 0.493 e. The van der Waals surface area contributed by atoms with Gasteiger partial charge in [0.2, 0.25) is 0 Å². The zero-order valence-corrected chi connectivity index (χ0v) is 14.9. The van der Waals surface area contributed by atoms with Crippen LogP contribution in [-0.2, 0) is 4.79 Å². The van der Waals surface area contributed by atoms with E-state index in [0.29, 0.717) is 37.6 Å². The Morgan fingerprint density at radius 3 is 2.64 bits per heavy atom. The average molecular weight is 350 g/mol.